The van der Waals surface area contributed by atoms with Gasteiger partial charge in [0, 0.05) is 42.5 Å². The monoisotopic (exact) mass is 302 g/mol. The van der Waals surface area contributed by atoms with E-state index < -0.39 is 0 Å². The van der Waals surface area contributed by atoms with E-state index in [4.69, 9.17) is 11.6 Å². The van der Waals surface area contributed by atoms with Crippen molar-refractivity contribution in [3.8, 4) is 0 Å². The highest BCUT2D eigenvalue weighted by Crippen LogP contribution is 2.44. The maximum absolute atomic E-state index is 13.9. The zero-order valence-corrected chi connectivity index (χ0v) is 12.4. The molecule has 1 aromatic heterocycles. The third-order valence-corrected chi connectivity index (χ3v) is 4.92. The summed E-state index contributed by atoms with van der Waals surface area (Å²) in [7, 11) is 0. The summed E-state index contributed by atoms with van der Waals surface area (Å²) in [5, 5.41) is 0.685. The summed E-state index contributed by atoms with van der Waals surface area (Å²) >= 11 is 6.10. The number of fused-ring (bicyclic) bond motifs is 4. The highest BCUT2D eigenvalue weighted by Gasteiger charge is 2.40. The fourth-order valence-electron chi connectivity index (χ4n) is 3.72. The molecule has 2 aliphatic rings. The predicted octanol–water partition coefficient (Wildman–Crippen LogP) is 4.14. The molecule has 21 heavy (non-hydrogen) atoms. The predicted molar refractivity (Wildman–Crippen MR) is 80.7 cm³/mol. The second-order valence-electron chi connectivity index (χ2n) is 5.90. The molecule has 3 heterocycles. The first-order valence-corrected chi connectivity index (χ1v) is 7.73. The van der Waals surface area contributed by atoms with Gasteiger partial charge in [-0.1, -0.05) is 29.8 Å². The smallest absolute Gasteiger partial charge is 0.127 e. The lowest BCUT2D eigenvalue weighted by Crippen LogP contribution is -2.37. The Morgan fingerprint density at radius 1 is 1.29 bits per heavy atom. The number of pyridine rings is 1. The van der Waals surface area contributed by atoms with Crippen LogP contribution >= 0.6 is 11.6 Å². The highest BCUT2D eigenvalue weighted by molar-refractivity contribution is 6.30. The van der Waals surface area contributed by atoms with Crippen LogP contribution in [0.25, 0.3) is 0 Å². The van der Waals surface area contributed by atoms with Gasteiger partial charge in [0.1, 0.15) is 5.82 Å². The van der Waals surface area contributed by atoms with E-state index in [0.717, 1.165) is 30.5 Å². The molecule has 4 rings (SSSR count). The van der Waals surface area contributed by atoms with Crippen molar-refractivity contribution >= 4 is 11.6 Å². The lowest BCUT2D eigenvalue weighted by molar-refractivity contribution is 0.164. The van der Waals surface area contributed by atoms with Crippen molar-refractivity contribution in [2.24, 2.45) is 0 Å². The van der Waals surface area contributed by atoms with Gasteiger partial charge in [0.05, 0.1) is 5.02 Å². The van der Waals surface area contributed by atoms with Gasteiger partial charge in [-0.2, -0.15) is 0 Å². The normalized spacial score (nSPS) is 24.1. The summed E-state index contributed by atoms with van der Waals surface area (Å²) in [6.45, 7) is 0.661. The first-order valence-electron chi connectivity index (χ1n) is 7.36. The van der Waals surface area contributed by atoms with Crippen LogP contribution in [0.2, 0.25) is 5.02 Å². The molecule has 0 spiro atoms. The minimum Gasteiger partial charge on any atom is -0.289 e. The number of halogens is 2. The first-order chi connectivity index (χ1) is 10.2. The zero-order valence-electron chi connectivity index (χ0n) is 11.6. The third kappa shape index (κ3) is 2.25. The van der Waals surface area contributed by atoms with Gasteiger partial charge in [-0.15, -0.1) is 0 Å². The van der Waals surface area contributed by atoms with Crippen LogP contribution in [-0.2, 0) is 13.0 Å². The molecule has 0 aliphatic carbocycles. The van der Waals surface area contributed by atoms with E-state index in [1.807, 2.05) is 18.2 Å². The van der Waals surface area contributed by atoms with E-state index >= 15 is 0 Å². The molecular formula is C17H16ClFN2. The Hall–Kier alpha value is -1.45. The van der Waals surface area contributed by atoms with E-state index in [0.29, 0.717) is 23.7 Å². The maximum Gasteiger partial charge on any atom is 0.127 e. The van der Waals surface area contributed by atoms with Crippen molar-refractivity contribution < 1.29 is 4.39 Å². The topological polar surface area (TPSA) is 16.1 Å². The van der Waals surface area contributed by atoms with Gasteiger partial charge >= 0.3 is 0 Å². The number of benzene rings is 1. The van der Waals surface area contributed by atoms with Gasteiger partial charge in [0.2, 0.25) is 0 Å². The van der Waals surface area contributed by atoms with E-state index in [2.05, 4.69) is 9.88 Å². The minimum absolute atomic E-state index is 0.119. The Morgan fingerprint density at radius 2 is 2.14 bits per heavy atom. The Balaban J connectivity index is 1.68. The van der Waals surface area contributed by atoms with E-state index in [1.54, 1.807) is 12.3 Å². The quantitative estimate of drug-likeness (QED) is 0.829. The molecule has 108 valence electrons. The molecule has 0 saturated carbocycles. The van der Waals surface area contributed by atoms with Crippen LogP contribution in [0.3, 0.4) is 0 Å². The standard InChI is InChI=1S/C17H16ClFN2/c18-12-7-14-16(20-9-12)8-13-5-6-17(14)21(13)10-11-3-1-2-4-15(11)19/h1-4,7,9,13,17H,5-6,8,10H2. The molecule has 0 amide bonds. The van der Waals surface area contributed by atoms with Crippen LogP contribution in [0.1, 0.15) is 35.7 Å². The molecule has 0 N–H and O–H groups in total. The molecule has 2 atom stereocenters. The summed E-state index contributed by atoms with van der Waals surface area (Å²) in [5.74, 6) is -0.119. The van der Waals surface area contributed by atoms with Crippen LogP contribution in [0, 0.1) is 5.82 Å². The molecule has 1 saturated heterocycles. The van der Waals surface area contributed by atoms with Gasteiger partial charge in [-0.3, -0.25) is 9.88 Å². The fourth-order valence-corrected chi connectivity index (χ4v) is 3.88. The van der Waals surface area contributed by atoms with Crippen LogP contribution in [-0.4, -0.2) is 15.9 Å². The molecule has 4 heteroatoms. The number of hydrogen-bond donors (Lipinski definition) is 0. The average molecular weight is 303 g/mol. The summed E-state index contributed by atoms with van der Waals surface area (Å²) < 4.78 is 13.9. The Morgan fingerprint density at radius 3 is 3.00 bits per heavy atom. The van der Waals surface area contributed by atoms with Crippen molar-refractivity contribution in [3.63, 3.8) is 0 Å². The molecule has 2 nitrogen and oxygen atoms in total. The zero-order chi connectivity index (χ0) is 14.4. The summed E-state index contributed by atoms with van der Waals surface area (Å²) in [5.41, 5.74) is 3.16. The SMILES string of the molecule is Fc1ccccc1CN1C2CCC1c1cc(Cl)cnc1C2. The highest BCUT2D eigenvalue weighted by atomic mass is 35.5. The Labute approximate surface area is 128 Å². The molecule has 1 aromatic carbocycles. The lowest BCUT2D eigenvalue weighted by atomic mass is 9.97. The first kappa shape index (κ1) is 13.2. The average Bonchev–Trinajstić information content (AvgIpc) is 2.76. The molecule has 2 unspecified atom stereocenters. The second kappa shape index (κ2) is 5.08. The van der Waals surface area contributed by atoms with Crippen LogP contribution in [0.5, 0.6) is 0 Å². The molecule has 2 aromatic rings. The summed E-state index contributed by atoms with van der Waals surface area (Å²) in [4.78, 5) is 6.90. The van der Waals surface area contributed by atoms with Crippen LogP contribution in [0.4, 0.5) is 4.39 Å². The molecule has 0 radical (unpaired) electrons. The number of rotatable bonds is 2. The van der Waals surface area contributed by atoms with E-state index in [1.165, 1.54) is 11.6 Å². The number of aromatic nitrogens is 1. The number of hydrogen-bond acceptors (Lipinski definition) is 2. The summed E-state index contributed by atoms with van der Waals surface area (Å²) in [6.07, 6.45) is 4.92. The minimum atomic E-state index is -0.119. The largest absolute Gasteiger partial charge is 0.289 e. The van der Waals surface area contributed by atoms with Gasteiger partial charge in [-0.05, 0) is 30.5 Å². The lowest BCUT2D eigenvalue weighted by Gasteiger charge is -2.35. The van der Waals surface area contributed by atoms with Crippen molar-refractivity contribution in [3.05, 3.63) is 64.2 Å². The third-order valence-electron chi connectivity index (χ3n) is 4.71. The van der Waals surface area contributed by atoms with Crippen LogP contribution in [0.15, 0.2) is 36.5 Å². The van der Waals surface area contributed by atoms with Gasteiger partial charge < -0.3 is 0 Å². The van der Waals surface area contributed by atoms with Crippen LogP contribution < -0.4 is 0 Å². The van der Waals surface area contributed by atoms with E-state index in [9.17, 15) is 4.39 Å². The molecule has 1 fully saturated rings. The fraction of sp³-hybridized carbons (Fsp3) is 0.353. The Kier molecular flexibility index (Phi) is 3.20. The van der Waals surface area contributed by atoms with Crippen molar-refractivity contribution in [1.29, 1.82) is 0 Å². The van der Waals surface area contributed by atoms with E-state index in [-0.39, 0.29) is 5.82 Å². The summed E-state index contributed by atoms with van der Waals surface area (Å²) in [6, 6.07) is 9.87. The second-order valence-corrected chi connectivity index (χ2v) is 6.34. The molecule has 2 bridgehead atoms. The van der Waals surface area contributed by atoms with Crippen molar-refractivity contribution in [2.75, 3.05) is 0 Å². The maximum atomic E-state index is 13.9. The van der Waals surface area contributed by atoms with Gasteiger partial charge in [0.15, 0.2) is 0 Å². The molecule has 2 aliphatic heterocycles. The molecular weight excluding hydrogens is 287 g/mol. The van der Waals surface area contributed by atoms with Gasteiger partial charge in [-0.25, -0.2) is 4.39 Å². The Bertz CT molecular complexity index is 688. The number of nitrogens with zero attached hydrogens (tertiary/aromatic N) is 2. The van der Waals surface area contributed by atoms with Crippen molar-refractivity contribution in [2.45, 2.75) is 37.9 Å². The van der Waals surface area contributed by atoms with Crippen molar-refractivity contribution in [1.82, 2.24) is 9.88 Å². The van der Waals surface area contributed by atoms with Gasteiger partial charge in [0.25, 0.3) is 0 Å².